The van der Waals surface area contributed by atoms with Crippen molar-refractivity contribution >= 4 is 35.6 Å². The van der Waals surface area contributed by atoms with Crippen molar-refractivity contribution in [2.75, 3.05) is 0 Å². The lowest BCUT2D eigenvalue weighted by atomic mass is 10.1. The van der Waals surface area contributed by atoms with Crippen molar-refractivity contribution in [1.29, 1.82) is 0 Å². The van der Waals surface area contributed by atoms with Crippen molar-refractivity contribution in [2.45, 2.75) is 50.9 Å². The number of aliphatic carboxylic acids is 2. The average molecular weight is 389 g/mol. The number of primary amides is 1. The number of carboxylic acids is 2. The van der Waals surface area contributed by atoms with Crippen LogP contribution in [0.15, 0.2) is 0 Å². The topological polar surface area (TPSA) is 231 Å². The van der Waals surface area contributed by atoms with Crippen LogP contribution < -0.4 is 27.4 Å². The van der Waals surface area contributed by atoms with E-state index in [-0.39, 0.29) is 0 Å². The third kappa shape index (κ3) is 9.15. The molecule has 0 bridgehead atoms. The highest BCUT2D eigenvalue weighted by Crippen LogP contribution is 1.99. The van der Waals surface area contributed by atoms with Crippen LogP contribution in [0.3, 0.4) is 0 Å². The summed E-state index contributed by atoms with van der Waals surface area (Å²) >= 11 is 0. The number of nitrogens with two attached hydrogens (primary N) is 2. The molecule has 0 spiro atoms. The lowest BCUT2D eigenvalue weighted by Crippen LogP contribution is -2.56. The van der Waals surface area contributed by atoms with E-state index < -0.39 is 72.6 Å². The Morgan fingerprint density at radius 1 is 0.815 bits per heavy atom. The predicted octanol–water partition coefficient (Wildman–Crippen LogP) is -3.76. The van der Waals surface area contributed by atoms with Crippen molar-refractivity contribution < 1.29 is 39.0 Å². The monoisotopic (exact) mass is 389 g/mol. The minimum Gasteiger partial charge on any atom is -0.481 e. The summed E-state index contributed by atoms with van der Waals surface area (Å²) in [7, 11) is 0. The fourth-order valence-electron chi connectivity index (χ4n) is 1.76. The molecule has 4 atom stereocenters. The van der Waals surface area contributed by atoms with E-state index in [0.29, 0.717) is 0 Å². The number of amides is 4. The zero-order valence-electron chi connectivity index (χ0n) is 14.7. The van der Waals surface area contributed by atoms with Gasteiger partial charge in [0, 0.05) is 0 Å². The molecule has 4 unspecified atom stereocenters. The van der Waals surface area contributed by atoms with Crippen LogP contribution in [0.4, 0.5) is 0 Å². The van der Waals surface area contributed by atoms with Crippen molar-refractivity contribution in [3.63, 3.8) is 0 Å². The Bertz CT molecular complexity index is 621. The molecule has 0 rings (SSSR count). The number of hydrogen-bond donors (Lipinski definition) is 7. The Morgan fingerprint density at radius 3 is 1.74 bits per heavy atom. The molecule has 4 amide bonds. The first-order valence-corrected chi connectivity index (χ1v) is 7.74. The summed E-state index contributed by atoms with van der Waals surface area (Å²) < 4.78 is 0. The lowest BCUT2D eigenvalue weighted by molar-refractivity contribution is -0.144. The summed E-state index contributed by atoms with van der Waals surface area (Å²) in [5.41, 5.74) is 10.2. The predicted molar refractivity (Wildman–Crippen MR) is 88.8 cm³/mol. The summed E-state index contributed by atoms with van der Waals surface area (Å²) in [6.07, 6.45) is -1.59. The second-order valence-corrected chi connectivity index (χ2v) is 5.75. The van der Waals surface area contributed by atoms with Gasteiger partial charge in [0.15, 0.2) is 0 Å². The minimum absolute atomic E-state index is 0.649. The zero-order chi connectivity index (χ0) is 21.3. The van der Waals surface area contributed by atoms with Gasteiger partial charge in [-0.1, -0.05) is 0 Å². The van der Waals surface area contributed by atoms with E-state index in [1.807, 2.05) is 5.32 Å². The molecule has 13 nitrogen and oxygen atoms in total. The van der Waals surface area contributed by atoms with E-state index in [0.717, 1.165) is 0 Å². The van der Waals surface area contributed by atoms with Crippen LogP contribution in [-0.2, 0) is 28.8 Å². The van der Waals surface area contributed by atoms with Crippen molar-refractivity contribution in [3.05, 3.63) is 0 Å². The molecule has 0 saturated carbocycles. The quantitative estimate of drug-likeness (QED) is 0.183. The highest BCUT2D eigenvalue weighted by molar-refractivity contribution is 5.96. The standard InChI is InChI=1S/C14H23N5O8/c1-5(15)11(23)17-6(2)12(24)18-7(4-10(21)22)13(25)19-8(14(26)27)3-9(16)20/h5-8H,3-4,15H2,1-2H3,(H2,16,20)(H,17,23)(H,18,24)(H,19,25)(H,21,22)(H,26,27). The Kier molecular flexibility index (Phi) is 9.42. The van der Waals surface area contributed by atoms with Gasteiger partial charge in [-0.2, -0.15) is 0 Å². The molecule has 0 aliphatic rings. The number of carboxylic acid groups (broad SMARTS) is 2. The van der Waals surface area contributed by atoms with Gasteiger partial charge in [0.1, 0.15) is 18.1 Å². The van der Waals surface area contributed by atoms with Gasteiger partial charge >= 0.3 is 11.9 Å². The number of nitrogens with one attached hydrogen (secondary N) is 3. The zero-order valence-corrected chi connectivity index (χ0v) is 14.7. The van der Waals surface area contributed by atoms with E-state index in [2.05, 4.69) is 10.6 Å². The van der Waals surface area contributed by atoms with Gasteiger partial charge in [0.05, 0.1) is 18.9 Å². The fraction of sp³-hybridized carbons (Fsp3) is 0.571. The van der Waals surface area contributed by atoms with Crippen molar-refractivity contribution in [1.82, 2.24) is 16.0 Å². The summed E-state index contributed by atoms with van der Waals surface area (Å²) in [5, 5.41) is 24.1. The van der Waals surface area contributed by atoms with Crippen LogP contribution in [0.1, 0.15) is 26.7 Å². The van der Waals surface area contributed by atoms with Crippen LogP contribution in [-0.4, -0.2) is 69.9 Å². The normalized spacial score (nSPS) is 14.8. The summed E-state index contributed by atoms with van der Waals surface area (Å²) in [5.74, 6) is -6.72. The maximum Gasteiger partial charge on any atom is 0.326 e. The first-order valence-electron chi connectivity index (χ1n) is 7.74. The molecular weight excluding hydrogens is 366 g/mol. The molecule has 9 N–H and O–H groups in total. The van der Waals surface area contributed by atoms with E-state index >= 15 is 0 Å². The third-order valence-corrected chi connectivity index (χ3v) is 3.20. The maximum atomic E-state index is 12.2. The largest absolute Gasteiger partial charge is 0.481 e. The number of carbonyl (C=O) groups is 6. The molecular formula is C14H23N5O8. The van der Waals surface area contributed by atoms with Crippen LogP contribution in [0, 0.1) is 0 Å². The van der Waals surface area contributed by atoms with Crippen molar-refractivity contribution in [3.8, 4) is 0 Å². The first kappa shape index (κ1) is 23.8. The Hall–Kier alpha value is -3.22. The second kappa shape index (κ2) is 10.7. The molecule has 0 heterocycles. The highest BCUT2D eigenvalue weighted by atomic mass is 16.4. The third-order valence-electron chi connectivity index (χ3n) is 3.20. The van der Waals surface area contributed by atoms with Gasteiger partial charge in [-0.3, -0.25) is 24.0 Å². The van der Waals surface area contributed by atoms with E-state index in [1.54, 1.807) is 0 Å². The SMILES string of the molecule is CC(N)C(=O)NC(C)C(=O)NC(CC(=O)O)C(=O)NC(CC(N)=O)C(=O)O. The summed E-state index contributed by atoms with van der Waals surface area (Å²) in [6, 6.07) is -5.39. The molecule has 0 saturated heterocycles. The van der Waals surface area contributed by atoms with Crippen LogP contribution in [0.25, 0.3) is 0 Å². The molecule has 0 aromatic carbocycles. The van der Waals surface area contributed by atoms with Gasteiger partial charge in [-0.25, -0.2) is 4.79 Å². The first-order chi connectivity index (χ1) is 12.3. The molecule has 0 radical (unpaired) electrons. The van der Waals surface area contributed by atoms with E-state index in [1.165, 1.54) is 13.8 Å². The number of rotatable bonds is 11. The molecule has 27 heavy (non-hydrogen) atoms. The lowest BCUT2D eigenvalue weighted by Gasteiger charge is -2.22. The molecule has 0 aromatic heterocycles. The van der Waals surface area contributed by atoms with Gasteiger partial charge in [0.25, 0.3) is 0 Å². The van der Waals surface area contributed by atoms with Gasteiger partial charge in [0.2, 0.25) is 23.6 Å². The van der Waals surface area contributed by atoms with Crippen LogP contribution >= 0.6 is 0 Å². The highest BCUT2D eigenvalue weighted by Gasteiger charge is 2.30. The molecule has 13 heteroatoms. The minimum atomic E-state index is -1.70. The number of hydrogen-bond acceptors (Lipinski definition) is 7. The molecule has 0 aromatic rings. The van der Waals surface area contributed by atoms with Gasteiger partial charge < -0.3 is 37.6 Å². The fourth-order valence-corrected chi connectivity index (χ4v) is 1.76. The Balaban J connectivity index is 5.14. The maximum absolute atomic E-state index is 12.2. The van der Waals surface area contributed by atoms with Gasteiger partial charge in [-0.05, 0) is 13.8 Å². The average Bonchev–Trinajstić information content (AvgIpc) is 2.51. The summed E-state index contributed by atoms with van der Waals surface area (Å²) in [6.45, 7) is 2.66. The van der Waals surface area contributed by atoms with E-state index in [9.17, 15) is 28.8 Å². The Labute approximate surface area is 153 Å². The smallest absolute Gasteiger partial charge is 0.326 e. The van der Waals surface area contributed by atoms with Crippen LogP contribution in [0.2, 0.25) is 0 Å². The van der Waals surface area contributed by atoms with Crippen molar-refractivity contribution in [2.24, 2.45) is 11.5 Å². The Morgan fingerprint density at radius 2 is 1.33 bits per heavy atom. The second-order valence-electron chi connectivity index (χ2n) is 5.75. The number of carbonyl (C=O) groups excluding carboxylic acids is 4. The summed E-state index contributed by atoms with van der Waals surface area (Å²) in [4.78, 5) is 68.5. The molecule has 0 aliphatic carbocycles. The van der Waals surface area contributed by atoms with Gasteiger partial charge in [-0.15, -0.1) is 0 Å². The molecule has 0 aliphatic heterocycles. The van der Waals surface area contributed by atoms with Crippen LogP contribution in [0.5, 0.6) is 0 Å². The van der Waals surface area contributed by atoms with E-state index in [4.69, 9.17) is 21.7 Å². The molecule has 152 valence electrons. The molecule has 0 fully saturated rings.